The molecule has 0 bridgehead atoms. The molecule has 2 rings (SSSR count). The zero-order valence-corrected chi connectivity index (χ0v) is 14.3. The molecule has 1 N–H and O–H groups in total. The van der Waals surface area contributed by atoms with Crippen molar-refractivity contribution >= 4 is 11.3 Å². The minimum absolute atomic E-state index is 0.336. The third kappa shape index (κ3) is 3.92. The molecule has 2 aromatic rings. The smallest absolute Gasteiger partial charge is 0.0798 e. The van der Waals surface area contributed by atoms with Gasteiger partial charge in [-0.1, -0.05) is 57.0 Å². The summed E-state index contributed by atoms with van der Waals surface area (Å²) in [7, 11) is 0. The molecule has 1 aromatic heterocycles. The molecule has 0 fully saturated rings. The van der Waals surface area contributed by atoms with Crippen LogP contribution in [0.4, 0.5) is 0 Å². The van der Waals surface area contributed by atoms with Crippen LogP contribution < -0.4 is 5.32 Å². The molecule has 114 valence electrons. The Balaban J connectivity index is 2.22. The quantitative estimate of drug-likeness (QED) is 0.752. The van der Waals surface area contributed by atoms with Gasteiger partial charge in [0.25, 0.3) is 0 Å². The summed E-state index contributed by atoms with van der Waals surface area (Å²) in [5.41, 5.74) is 4.48. The van der Waals surface area contributed by atoms with Crippen LogP contribution in [0.15, 0.2) is 35.8 Å². The van der Waals surface area contributed by atoms with Gasteiger partial charge in [0.05, 0.1) is 11.2 Å². The molecule has 0 aliphatic carbocycles. The third-order valence-corrected chi connectivity index (χ3v) is 5.40. The van der Waals surface area contributed by atoms with Gasteiger partial charge in [0.2, 0.25) is 0 Å². The lowest BCUT2D eigenvalue weighted by atomic mass is 9.88. The van der Waals surface area contributed by atoms with Gasteiger partial charge in [0.1, 0.15) is 0 Å². The average molecular weight is 302 g/mol. The molecular formula is C18H26N2S. The Morgan fingerprint density at radius 3 is 2.33 bits per heavy atom. The monoisotopic (exact) mass is 302 g/mol. The molecule has 2 atom stereocenters. The van der Waals surface area contributed by atoms with Crippen molar-refractivity contribution < 1.29 is 0 Å². The third-order valence-electron chi connectivity index (χ3n) is 4.28. The van der Waals surface area contributed by atoms with Crippen LogP contribution in [0, 0.1) is 12.8 Å². The Kier molecular flexibility index (Phi) is 5.95. The van der Waals surface area contributed by atoms with E-state index in [2.05, 4.69) is 68.3 Å². The van der Waals surface area contributed by atoms with Crippen molar-refractivity contribution in [2.45, 2.75) is 52.6 Å². The molecule has 0 aliphatic heterocycles. The van der Waals surface area contributed by atoms with E-state index >= 15 is 0 Å². The summed E-state index contributed by atoms with van der Waals surface area (Å²) in [4.78, 5) is 5.73. The number of nitrogens with one attached hydrogen (secondary N) is 1. The summed E-state index contributed by atoms with van der Waals surface area (Å²) in [6.45, 7) is 8.92. The van der Waals surface area contributed by atoms with E-state index in [-0.39, 0.29) is 0 Å². The lowest BCUT2D eigenvalue weighted by Gasteiger charge is -2.30. The molecular weight excluding hydrogens is 276 g/mol. The molecule has 1 heterocycles. The van der Waals surface area contributed by atoms with Crippen molar-refractivity contribution in [2.75, 3.05) is 0 Å². The van der Waals surface area contributed by atoms with Gasteiger partial charge in [0, 0.05) is 17.0 Å². The fraction of sp³-hybridized carbons (Fsp3) is 0.500. The average Bonchev–Trinajstić information content (AvgIpc) is 2.94. The predicted molar refractivity (Wildman–Crippen MR) is 91.7 cm³/mol. The fourth-order valence-corrected chi connectivity index (χ4v) is 3.82. The maximum Gasteiger partial charge on any atom is 0.0798 e. The van der Waals surface area contributed by atoms with Gasteiger partial charge < -0.3 is 5.32 Å². The topological polar surface area (TPSA) is 24.9 Å². The second-order valence-corrected chi connectivity index (χ2v) is 6.54. The van der Waals surface area contributed by atoms with Crippen LogP contribution in [0.25, 0.3) is 0 Å². The van der Waals surface area contributed by atoms with Crippen LogP contribution in [-0.2, 0) is 0 Å². The SMILES string of the molecule is CCC(CC)C(NC(C)c1scnc1C)c1ccccc1. The first-order valence-corrected chi connectivity index (χ1v) is 8.76. The van der Waals surface area contributed by atoms with Crippen molar-refractivity contribution in [2.24, 2.45) is 5.92 Å². The predicted octanol–water partition coefficient (Wildman–Crippen LogP) is 5.28. The Morgan fingerprint density at radius 1 is 1.14 bits per heavy atom. The molecule has 0 amide bonds. The molecule has 0 saturated carbocycles. The van der Waals surface area contributed by atoms with E-state index in [0.717, 1.165) is 5.69 Å². The first kappa shape index (κ1) is 16.2. The van der Waals surface area contributed by atoms with Crippen molar-refractivity contribution in [1.82, 2.24) is 10.3 Å². The summed E-state index contributed by atoms with van der Waals surface area (Å²) >= 11 is 1.75. The second kappa shape index (κ2) is 7.71. The van der Waals surface area contributed by atoms with Gasteiger partial charge in [-0.05, 0) is 25.3 Å². The van der Waals surface area contributed by atoms with E-state index in [0.29, 0.717) is 18.0 Å². The lowest BCUT2D eigenvalue weighted by Crippen LogP contribution is -2.30. The summed E-state index contributed by atoms with van der Waals surface area (Å²) in [5.74, 6) is 0.656. The van der Waals surface area contributed by atoms with Crippen LogP contribution in [0.1, 0.15) is 61.8 Å². The Hall–Kier alpha value is -1.19. The Labute approximate surface area is 132 Å². The number of nitrogens with zero attached hydrogens (tertiary/aromatic N) is 1. The number of hydrogen-bond donors (Lipinski definition) is 1. The van der Waals surface area contributed by atoms with E-state index in [1.54, 1.807) is 11.3 Å². The van der Waals surface area contributed by atoms with Crippen molar-refractivity contribution in [3.8, 4) is 0 Å². The molecule has 21 heavy (non-hydrogen) atoms. The molecule has 0 aliphatic rings. The summed E-state index contributed by atoms with van der Waals surface area (Å²) in [5, 5.41) is 3.85. The minimum atomic E-state index is 0.336. The highest BCUT2D eigenvalue weighted by Crippen LogP contribution is 2.31. The largest absolute Gasteiger partial charge is 0.302 e. The van der Waals surface area contributed by atoms with Crippen LogP contribution in [0.5, 0.6) is 0 Å². The molecule has 2 nitrogen and oxygen atoms in total. The maximum atomic E-state index is 4.38. The number of aryl methyl sites for hydroxylation is 1. The normalized spacial score (nSPS) is 14.3. The zero-order valence-electron chi connectivity index (χ0n) is 13.5. The van der Waals surface area contributed by atoms with Crippen LogP contribution in [0.2, 0.25) is 0 Å². The highest BCUT2D eigenvalue weighted by atomic mass is 32.1. The van der Waals surface area contributed by atoms with Gasteiger partial charge in [-0.3, -0.25) is 0 Å². The van der Waals surface area contributed by atoms with Gasteiger partial charge in [-0.2, -0.15) is 0 Å². The molecule has 0 saturated heterocycles. The highest BCUT2D eigenvalue weighted by molar-refractivity contribution is 7.09. The molecule has 0 radical (unpaired) electrons. The number of aromatic nitrogens is 1. The molecule has 3 heteroatoms. The number of rotatable bonds is 7. The minimum Gasteiger partial charge on any atom is -0.302 e. The van der Waals surface area contributed by atoms with E-state index in [4.69, 9.17) is 0 Å². The summed E-state index contributed by atoms with van der Waals surface area (Å²) in [6.07, 6.45) is 2.38. The first-order chi connectivity index (χ1) is 10.2. The summed E-state index contributed by atoms with van der Waals surface area (Å²) in [6, 6.07) is 11.6. The molecule has 0 spiro atoms. The van der Waals surface area contributed by atoms with Crippen LogP contribution in [0.3, 0.4) is 0 Å². The van der Waals surface area contributed by atoms with Crippen molar-refractivity contribution in [1.29, 1.82) is 0 Å². The lowest BCUT2D eigenvalue weighted by molar-refractivity contribution is 0.317. The second-order valence-electron chi connectivity index (χ2n) is 5.66. The standard InChI is InChI=1S/C18H26N2S/c1-5-15(6-2)17(16-10-8-7-9-11-16)20-14(4)18-13(3)19-12-21-18/h7-12,14-15,17,20H,5-6H2,1-4H3. The van der Waals surface area contributed by atoms with Gasteiger partial charge >= 0.3 is 0 Å². The maximum absolute atomic E-state index is 4.38. The summed E-state index contributed by atoms with van der Waals surface area (Å²) < 4.78 is 0. The van der Waals surface area contributed by atoms with Crippen LogP contribution in [-0.4, -0.2) is 4.98 Å². The van der Waals surface area contributed by atoms with Crippen molar-refractivity contribution in [3.05, 3.63) is 52.0 Å². The zero-order chi connectivity index (χ0) is 15.2. The fourth-order valence-electron chi connectivity index (χ4n) is 3.00. The van der Waals surface area contributed by atoms with E-state index in [1.165, 1.54) is 23.3 Å². The van der Waals surface area contributed by atoms with Gasteiger partial charge in [-0.25, -0.2) is 4.98 Å². The van der Waals surface area contributed by atoms with E-state index < -0.39 is 0 Å². The van der Waals surface area contributed by atoms with E-state index in [9.17, 15) is 0 Å². The van der Waals surface area contributed by atoms with Gasteiger partial charge in [0.15, 0.2) is 0 Å². The van der Waals surface area contributed by atoms with Crippen molar-refractivity contribution in [3.63, 3.8) is 0 Å². The number of hydrogen-bond acceptors (Lipinski definition) is 3. The molecule has 1 aromatic carbocycles. The van der Waals surface area contributed by atoms with Gasteiger partial charge in [-0.15, -0.1) is 11.3 Å². The Bertz CT molecular complexity index is 531. The Morgan fingerprint density at radius 2 is 1.81 bits per heavy atom. The number of thiazole rings is 1. The number of benzene rings is 1. The van der Waals surface area contributed by atoms with E-state index in [1.807, 2.05) is 5.51 Å². The highest BCUT2D eigenvalue weighted by Gasteiger charge is 2.23. The molecule has 2 unspecified atom stereocenters. The first-order valence-electron chi connectivity index (χ1n) is 7.88. The van der Waals surface area contributed by atoms with Crippen LogP contribution >= 0.6 is 11.3 Å².